The number of thiazole rings is 1. The van der Waals surface area contributed by atoms with E-state index in [2.05, 4.69) is 34.2 Å². The number of fused-ring (bicyclic) bond motifs is 1. The fraction of sp³-hybridized carbons (Fsp3) is 0.238. The molecule has 1 amide bonds. The van der Waals surface area contributed by atoms with Gasteiger partial charge >= 0.3 is 0 Å². The summed E-state index contributed by atoms with van der Waals surface area (Å²) in [4.78, 5) is 21.4. The van der Waals surface area contributed by atoms with E-state index in [4.69, 9.17) is 5.73 Å². The van der Waals surface area contributed by atoms with Gasteiger partial charge in [-0.15, -0.1) is 0 Å². The number of nitrogens with two attached hydrogens (primary N) is 1. The molecule has 0 saturated carbocycles. The molecule has 2 N–H and O–H groups in total. The average molecular weight is 379 g/mol. The minimum Gasteiger partial charge on any atom is -0.375 e. The van der Waals surface area contributed by atoms with E-state index >= 15 is 0 Å². The second-order valence-corrected chi connectivity index (χ2v) is 7.70. The summed E-state index contributed by atoms with van der Waals surface area (Å²) in [5.74, 6) is 0.0864. The van der Waals surface area contributed by atoms with E-state index in [0.717, 1.165) is 42.9 Å². The van der Waals surface area contributed by atoms with Gasteiger partial charge in [-0.05, 0) is 23.8 Å². The first kappa shape index (κ1) is 17.7. The molecule has 2 aromatic carbocycles. The molecule has 0 bridgehead atoms. The number of anilines is 1. The number of nitrogens with zero attached hydrogens (tertiary/aromatic N) is 3. The predicted molar refractivity (Wildman–Crippen MR) is 112 cm³/mol. The fourth-order valence-electron chi connectivity index (χ4n) is 3.29. The van der Waals surface area contributed by atoms with Crippen molar-refractivity contribution in [2.75, 3.05) is 38.5 Å². The molecule has 0 radical (unpaired) electrons. The smallest absolute Gasteiger partial charge is 0.253 e. The molecule has 1 aromatic heterocycles. The third-order valence-corrected chi connectivity index (χ3v) is 5.63. The minimum absolute atomic E-state index is 0.0864. The van der Waals surface area contributed by atoms with E-state index in [9.17, 15) is 4.79 Å². The van der Waals surface area contributed by atoms with Gasteiger partial charge in [-0.1, -0.05) is 53.8 Å². The van der Waals surface area contributed by atoms with Gasteiger partial charge in [-0.25, -0.2) is 4.98 Å². The molecule has 1 fully saturated rings. The molecule has 27 heavy (non-hydrogen) atoms. The largest absolute Gasteiger partial charge is 0.375 e. The van der Waals surface area contributed by atoms with Crippen LogP contribution in [0, 0.1) is 0 Å². The molecule has 0 spiro atoms. The standard InChI is InChI=1S/C21H22N4OS/c22-21-23-18-9-8-17(15-19(18)27-21)20(26)25-13-11-24(12-14-25)10-4-7-16-5-2-1-3-6-16/h1-9,15H,10-14H2,(H2,22,23)/b7-4+. The number of nitrogen functional groups attached to an aromatic ring is 1. The molecule has 0 atom stereocenters. The lowest BCUT2D eigenvalue weighted by molar-refractivity contribution is 0.0650. The van der Waals surface area contributed by atoms with Crippen molar-refractivity contribution in [2.45, 2.75) is 0 Å². The van der Waals surface area contributed by atoms with E-state index in [1.165, 1.54) is 16.9 Å². The minimum atomic E-state index is 0.0864. The molecule has 1 aliphatic rings. The summed E-state index contributed by atoms with van der Waals surface area (Å²) >= 11 is 1.42. The Hall–Kier alpha value is -2.70. The Kier molecular flexibility index (Phi) is 5.18. The number of carbonyl (C=O) groups excluding carboxylic acids is 1. The first-order valence-electron chi connectivity index (χ1n) is 9.08. The zero-order chi connectivity index (χ0) is 18.6. The normalized spacial score (nSPS) is 15.6. The van der Waals surface area contributed by atoms with Gasteiger partial charge in [0.25, 0.3) is 5.91 Å². The molecule has 5 nitrogen and oxygen atoms in total. The van der Waals surface area contributed by atoms with E-state index in [0.29, 0.717) is 10.7 Å². The Morgan fingerprint density at radius 2 is 1.89 bits per heavy atom. The molecule has 6 heteroatoms. The van der Waals surface area contributed by atoms with Gasteiger partial charge in [-0.3, -0.25) is 9.69 Å². The monoisotopic (exact) mass is 378 g/mol. The summed E-state index contributed by atoms with van der Waals surface area (Å²) in [6.07, 6.45) is 4.34. The van der Waals surface area contributed by atoms with E-state index in [-0.39, 0.29) is 5.91 Å². The summed E-state index contributed by atoms with van der Waals surface area (Å²) in [7, 11) is 0. The highest BCUT2D eigenvalue weighted by Crippen LogP contribution is 2.25. The number of rotatable bonds is 4. The number of amides is 1. The number of hydrogen-bond acceptors (Lipinski definition) is 5. The highest BCUT2D eigenvalue weighted by molar-refractivity contribution is 7.22. The molecule has 0 unspecified atom stereocenters. The zero-order valence-corrected chi connectivity index (χ0v) is 15.9. The van der Waals surface area contributed by atoms with E-state index in [1.807, 2.05) is 41.3 Å². The molecular formula is C21H22N4OS. The number of aromatic nitrogens is 1. The molecule has 4 rings (SSSR count). The van der Waals surface area contributed by atoms with Gasteiger partial charge in [0.1, 0.15) is 0 Å². The highest BCUT2D eigenvalue weighted by Gasteiger charge is 2.22. The van der Waals surface area contributed by atoms with Crippen LogP contribution in [0.25, 0.3) is 16.3 Å². The third-order valence-electron chi connectivity index (χ3n) is 4.78. The van der Waals surface area contributed by atoms with Crippen molar-refractivity contribution in [1.82, 2.24) is 14.8 Å². The number of piperazine rings is 1. The van der Waals surface area contributed by atoms with Gasteiger partial charge < -0.3 is 10.6 Å². The Morgan fingerprint density at radius 1 is 1.11 bits per heavy atom. The Bertz CT molecular complexity index is 959. The topological polar surface area (TPSA) is 62.5 Å². The van der Waals surface area contributed by atoms with Gasteiger partial charge in [0.05, 0.1) is 10.2 Å². The molecular weight excluding hydrogens is 356 g/mol. The lowest BCUT2D eigenvalue weighted by Gasteiger charge is -2.34. The SMILES string of the molecule is Nc1nc2ccc(C(=O)N3CCN(C/C=C/c4ccccc4)CC3)cc2s1. The molecule has 1 saturated heterocycles. The van der Waals surface area contributed by atoms with Gasteiger partial charge in [0.15, 0.2) is 5.13 Å². The maximum Gasteiger partial charge on any atom is 0.253 e. The van der Waals surface area contributed by atoms with Crippen LogP contribution in [0.1, 0.15) is 15.9 Å². The zero-order valence-electron chi connectivity index (χ0n) is 15.0. The van der Waals surface area contributed by atoms with Crippen molar-refractivity contribution in [3.8, 4) is 0 Å². The summed E-state index contributed by atoms with van der Waals surface area (Å²) in [5.41, 5.74) is 8.53. The quantitative estimate of drug-likeness (QED) is 0.756. The molecule has 2 heterocycles. The molecule has 0 aliphatic carbocycles. The van der Waals surface area contributed by atoms with E-state index in [1.54, 1.807) is 0 Å². The maximum absolute atomic E-state index is 12.8. The fourth-order valence-corrected chi connectivity index (χ4v) is 4.07. The summed E-state index contributed by atoms with van der Waals surface area (Å²) in [5, 5.41) is 0.534. The predicted octanol–water partition coefficient (Wildman–Crippen LogP) is 3.35. The van der Waals surface area contributed by atoms with Gasteiger partial charge in [0, 0.05) is 38.3 Å². The van der Waals surface area contributed by atoms with Crippen LogP contribution in [-0.2, 0) is 0 Å². The van der Waals surface area contributed by atoms with Crippen LogP contribution >= 0.6 is 11.3 Å². The second-order valence-electron chi connectivity index (χ2n) is 6.64. The van der Waals surface area contributed by atoms with E-state index < -0.39 is 0 Å². The Morgan fingerprint density at radius 3 is 2.67 bits per heavy atom. The van der Waals surface area contributed by atoms with Crippen LogP contribution in [0.15, 0.2) is 54.6 Å². The van der Waals surface area contributed by atoms with Crippen LogP contribution < -0.4 is 5.73 Å². The first-order valence-corrected chi connectivity index (χ1v) is 9.90. The Labute approximate surface area is 162 Å². The van der Waals surface area contributed by atoms with Crippen LogP contribution in [0.4, 0.5) is 5.13 Å². The van der Waals surface area contributed by atoms with Gasteiger partial charge in [0.2, 0.25) is 0 Å². The third kappa shape index (κ3) is 4.18. The molecule has 3 aromatic rings. The van der Waals surface area contributed by atoms with Crippen molar-refractivity contribution in [2.24, 2.45) is 0 Å². The van der Waals surface area contributed by atoms with Crippen molar-refractivity contribution in [1.29, 1.82) is 0 Å². The second kappa shape index (κ2) is 7.90. The van der Waals surface area contributed by atoms with Crippen molar-refractivity contribution in [3.63, 3.8) is 0 Å². The van der Waals surface area contributed by atoms with Crippen molar-refractivity contribution in [3.05, 3.63) is 65.7 Å². The summed E-state index contributed by atoms with van der Waals surface area (Å²) in [6.45, 7) is 4.19. The summed E-state index contributed by atoms with van der Waals surface area (Å²) < 4.78 is 0.961. The van der Waals surface area contributed by atoms with Crippen LogP contribution in [0.3, 0.4) is 0 Å². The molecule has 1 aliphatic heterocycles. The van der Waals surface area contributed by atoms with Crippen molar-refractivity contribution < 1.29 is 4.79 Å². The van der Waals surface area contributed by atoms with Crippen LogP contribution in [-0.4, -0.2) is 53.4 Å². The number of hydrogen-bond donors (Lipinski definition) is 1. The lowest BCUT2D eigenvalue weighted by Crippen LogP contribution is -2.48. The first-order chi connectivity index (χ1) is 13.2. The highest BCUT2D eigenvalue weighted by atomic mass is 32.1. The molecule has 138 valence electrons. The number of carbonyl (C=O) groups is 1. The summed E-state index contributed by atoms with van der Waals surface area (Å²) in [6, 6.07) is 15.9. The van der Waals surface area contributed by atoms with Crippen LogP contribution in [0.2, 0.25) is 0 Å². The van der Waals surface area contributed by atoms with Crippen molar-refractivity contribution >= 4 is 38.7 Å². The number of benzene rings is 2. The maximum atomic E-state index is 12.8. The Balaban J connectivity index is 1.32. The average Bonchev–Trinajstić information content (AvgIpc) is 3.08. The van der Waals surface area contributed by atoms with Crippen LogP contribution in [0.5, 0.6) is 0 Å². The van der Waals surface area contributed by atoms with Gasteiger partial charge in [-0.2, -0.15) is 0 Å². The lowest BCUT2D eigenvalue weighted by atomic mass is 10.1.